The van der Waals surface area contributed by atoms with Crippen LogP contribution in [0.1, 0.15) is 24.8 Å². The number of methoxy groups -OCH3 is 2. The standard InChI is InChI=1S/C18H22O4/c1-20-13-5-3-12(4-6-13)11-22-17-10-9-14-15(17)7-8-16(14)18(19)21-2/h3-6,8,14-15,17H,7,9-11H2,1-2H3/t14-,15-,17-/m0/s1. The summed E-state index contributed by atoms with van der Waals surface area (Å²) < 4.78 is 16.1. The Morgan fingerprint density at radius 2 is 1.95 bits per heavy atom. The van der Waals surface area contributed by atoms with Gasteiger partial charge in [0.25, 0.3) is 0 Å². The molecule has 0 amide bonds. The second kappa shape index (κ2) is 6.53. The van der Waals surface area contributed by atoms with Crippen LogP contribution in [0.15, 0.2) is 35.9 Å². The Morgan fingerprint density at radius 3 is 2.64 bits per heavy atom. The van der Waals surface area contributed by atoms with Gasteiger partial charge in [-0.3, -0.25) is 0 Å². The molecule has 4 nitrogen and oxygen atoms in total. The highest BCUT2D eigenvalue weighted by Gasteiger charge is 2.43. The Kier molecular flexibility index (Phi) is 4.48. The summed E-state index contributed by atoms with van der Waals surface area (Å²) in [4.78, 5) is 11.8. The third-order valence-electron chi connectivity index (χ3n) is 4.81. The molecule has 2 aliphatic rings. The van der Waals surface area contributed by atoms with E-state index in [1.54, 1.807) is 7.11 Å². The summed E-state index contributed by atoms with van der Waals surface area (Å²) in [6.45, 7) is 0.603. The van der Waals surface area contributed by atoms with Gasteiger partial charge in [0, 0.05) is 5.57 Å². The van der Waals surface area contributed by atoms with Gasteiger partial charge in [0.2, 0.25) is 0 Å². The summed E-state index contributed by atoms with van der Waals surface area (Å²) in [5, 5.41) is 0. The lowest BCUT2D eigenvalue weighted by Crippen LogP contribution is -2.21. The summed E-state index contributed by atoms with van der Waals surface area (Å²) in [5.74, 6) is 1.41. The maximum absolute atomic E-state index is 11.8. The molecule has 118 valence electrons. The van der Waals surface area contributed by atoms with Crippen molar-refractivity contribution < 1.29 is 19.0 Å². The number of carbonyl (C=O) groups is 1. The van der Waals surface area contributed by atoms with Crippen LogP contribution >= 0.6 is 0 Å². The minimum Gasteiger partial charge on any atom is -0.497 e. The van der Waals surface area contributed by atoms with Gasteiger partial charge in [0.1, 0.15) is 5.75 Å². The van der Waals surface area contributed by atoms with E-state index in [4.69, 9.17) is 14.2 Å². The van der Waals surface area contributed by atoms with E-state index in [2.05, 4.69) is 0 Å². The number of carbonyl (C=O) groups excluding carboxylic acids is 1. The van der Waals surface area contributed by atoms with E-state index in [1.807, 2.05) is 30.3 Å². The van der Waals surface area contributed by atoms with Gasteiger partial charge in [-0.05, 0) is 48.8 Å². The van der Waals surface area contributed by atoms with Crippen LogP contribution < -0.4 is 4.74 Å². The zero-order chi connectivity index (χ0) is 15.5. The van der Waals surface area contributed by atoms with Crippen molar-refractivity contribution in [1.29, 1.82) is 0 Å². The lowest BCUT2D eigenvalue weighted by Gasteiger charge is -2.20. The zero-order valence-corrected chi connectivity index (χ0v) is 13.1. The molecule has 0 saturated heterocycles. The summed E-state index contributed by atoms with van der Waals surface area (Å²) in [6.07, 6.45) is 5.20. The van der Waals surface area contributed by atoms with Crippen molar-refractivity contribution in [2.24, 2.45) is 11.8 Å². The van der Waals surface area contributed by atoms with E-state index >= 15 is 0 Å². The van der Waals surface area contributed by atoms with Gasteiger partial charge in [-0.25, -0.2) is 4.79 Å². The number of hydrogen-bond donors (Lipinski definition) is 0. The summed E-state index contributed by atoms with van der Waals surface area (Å²) in [5.41, 5.74) is 1.99. The second-order valence-corrected chi connectivity index (χ2v) is 5.93. The molecule has 4 heteroatoms. The fraction of sp³-hybridized carbons (Fsp3) is 0.500. The van der Waals surface area contributed by atoms with Crippen molar-refractivity contribution in [2.75, 3.05) is 14.2 Å². The molecule has 1 aromatic carbocycles. The molecule has 0 bridgehead atoms. The Balaban J connectivity index is 1.56. The van der Waals surface area contributed by atoms with Crippen molar-refractivity contribution in [2.45, 2.75) is 32.0 Å². The number of hydrogen-bond acceptors (Lipinski definition) is 4. The molecule has 1 saturated carbocycles. The summed E-state index contributed by atoms with van der Waals surface area (Å²) >= 11 is 0. The van der Waals surface area contributed by atoms with Crippen molar-refractivity contribution in [3.63, 3.8) is 0 Å². The van der Waals surface area contributed by atoms with Crippen LogP contribution in [0.5, 0.6) is 5.75 Å². The lowest BCUT2D eigenvalue weighted by molar-refractivity contribution is -0.136. The van der Waals surface area contributed by atoms with Crippen molar-refractivity contribution in [3.8, 4) is 5.75 Å². The second-order valence-electron chi connectivity index (χ2n) is 5.93. The highest BCUT2D eigenvalue weighted by Crippen LogP contribution is 2.46. The van der Waals surface area contributed by atoms with Crippen molar-refractivity contribution in [3.05, 3.63) is 41.5 Å². The van der Waals surface area contributed by atoms with Crippen LogP contribution in [-0.2, 0) is 20.9 Å². The van der Waals surface area contributed by atoms with Crippen LogP contribution in [0, 0.1) is 11.8 Å². The molecular weight excluding hydrogens is 280 g/mol. The first-order valence-electron chi connectivity index (χ1n) is 7.76. The first-order chi connectivity index (χ1) is 10.7. The molecule has 0 radical (unpaired) electrons. The smallest absolute Gasteiger partial charge is 0.333 e. The van der Waals surface area contributed by atoms with Gasteiger partial charge in [0.15, 0.2) is 0 Å². The fourth-order valence-corrected chi connectivity index (χ4v) is 3.63. The monoisotopic (exact) mass is 302 g/mol. The molecule has 0 N–H and O–H groups in total. The lowest BCUT2D eigenvalue weighted by atomic mass is 9.94. The van der Waals surface area contributed by atoms with E-state index < -0.39 is 0 Å². The van der Waals surface area contributed by atoms with Crippen LogP contribution in [0.25, 0.3) is 0 Å². The number of benzene rings is 1. The molecule has 3 rings (SSSR count). The van der Waals surface area contributed by atoms with Crippen molar-refractivity contribution in [1.82, 2.24) is 0 Å². The van der Waals surface area contributed by atoms with E-state index in [0.29, 0.717) is 18.4 Å². The largest absolute Gasteiger partial charge is 0.497 e. The molecule has 22 heavy (non-hydrogen) atoms. The number of ether oxygens (including phenoxy) is 3. The molecule has 1 aromatic rings. The number of allylic oxidation sites excluding steroid dienone is 1. The maximum atomic E-state index is 11.8. The zero-order valence-electron chi connectivity index (χ0n) is 13.1. The predicted molar refractivity (Wildman–Crippen MR) is 82.5 cm³/mol. The van der Waals surface area contributed by atoms with Gasteiger partial charge in [0.05, 0.1) is 26.9 Å². The van der Waals surface area contributed by atoms with Crippen LogP contribution in [0.3, 0.4) is 0 Å². The van der Waals surface area contributed by atoms with E-state index in [-0.39, 0.29) is 12.1 Å². The molecule has 2 aliphatic carbocycles. The quantitative estimate of drug-likeness (QED) is 0.784. The first kappa shape index (κ1) is 15.1. The molecule has 0 aromatic heterocycles. The van der Waals surface area contributed by atoms with Crippen molar-refractivity contribution >= 4 is 5.97 Å². The number of rotatable bonds is 5. The number of fused-ring (bicyclic) bond motifs is 1. The van der Waals surface area contributed by atoms with Gasteiger partial charge in [-0.15, -0.1) is 0 Å². The molecule has 1 fully saturated rings. The first-order valence-corrected chi connectivity index (χ1v) is 7.76. The third kappa shape index (κ3) is 2.88. The third-order valence-corrected chi connectivity index (χ3v) is 4.81. The minimum atomic E-state index is -0.177. The molecule has 3 atom stereocenters. The average Bonchev–Trinajstić information content (AvgIpc) is 3.14. The SMILES string of the molecule is COC(=O)C1=CC[C@@H]2[C@@H](OCc3ccc(OC)cc3)CC[C@H]12. The highest BCUT2D eigenvalue weighted by molar-refractivity contribution is 5.89. The fourth-order valence-electron chi connectivity index (χ4n) is 3.63. The molecular formula is C18H22O4. The van der Waals surface area contributed by atoms with Gasteiger partial charge in [-0.1, -0.05) is 18.2 Å². The molecule has 0 unspecified atom stereocenters. The Hall–Kier alpha value is -1.81. The highest BCUT2D eigenvalue weighted by atomic mass is 16.5. The van der Waals surface area contributed by atoms with Crippen LogP contribution in [-0.4, -0.2) is 26.3 Å². The van der Waals surface area contributed by atoms with Gasteiger partial charge >= 0.3 is 5.97 Å². The Labute approximate surface area is 131 Å². The van der Waals surface area contributed by atoms with E-state index in [9.17, 15) is 4.79 Å². The summed E-state index contributed by atoms with van der Waals surface area (Å²) in [7, 11) is 3.11. The Bertz CT molecular complexity index is 561. The predicted octanol–water partition coefficient (Wildman–Crippen LogP) is 3.11. The van der Waals surface area contributed by atoms with Crippen LogP contribution in [0.4, 0.5) is 0 Å². The number of esters is 1. The van der Waals surface area contributed by atoms with Gasteiger partial charge < -0.3 is 14.2 Å². The normalized spacial score (nSPS) is 26.5. The molecule has 0 heterocycles. The maximum Gasteiger partial charge on any atom is 0.333 e. The van der Waals surface area contributed by atoms with E-state index in [1.165, 1.54) is 7.11 Å². The topological polar surface area (TPSA) is 44.8 Å². The Morgan fingerprint density at radius 1 is 1.18 bits per heavy atom. The molecule has 0 spiro atoms. The minimum absolute atomic E-state index is 0.177. The molecule has 0 aliphatic heterocycles. The van der Waals surface area contributed by atoms with Crippen LogP contribution in [0.2, 0.25) is 0 Å². The van der Waals surface area contributed by atoms with Gasteiger partial charge in [-0.2, -0.15) is 0 Å². The average molecular weight is 302 g/mol. The van der Waals surface area contributed by atoms with E-state index in [0.717, 1.165) is 36.1 Å². The summed E-state index contributed by atoms with van der Waals surface area (Å²) in [6, 6.07) is 7.95.